The standard InChI is InChI=1S/C27H24N4O4/c1-16-17(2)30-25-14-20(11-12-24(25)29-16)26(33)28-15-21-7-4-5-10-23(21)31-27(34)19-8-6-9-22(13-19)35-18(3)32/h4-14H,15H2,1-3H3,(H,28,33)(H,31,34). The molecule has 176 valence electrons. The Labute approximate surface area is 202 Å². The Morgan fingerprint density at radius 1 is 0.800 bits per heavy atom. The van der Waals surface area contributed by atoms with Crippen molar-refractivity contribution < 1.29 is 19.1 Å². The van der Waals surface area contributed by atoms with Crippen LogP contribution in [0.3, 0.4) is 0 Å². The fraction of sp³-hybridized carbons (Fsp3) is 0.148. The third-order valence-corrected chi connectivity index (χ3v) is 5.40. The van der Waals surface area contributed by atoms with Crippen molar-refractivity contribution in [1.29, 1.82) is 0 Å². The van der Waals surface area contributed by atoms with Gasteiger partial charge in [-0.05, 0) is 61.9 Å². The zero-order valence-corrected chi connectivity index (χ0v) is 19.6. The van der Waals surface area contributed by atoms with E-state index >= 15 is 0 Å². The van der Waals surface area contributed by atoms with Crippen LogP contribution in [0.5, 0.6) is 5.75 Å². The summed E-state index contributed by atoms with van der Waals surface area (Å²) in [6, 6.07) is 18.8. The minimum atomic E-state index is -0.465. The van der Waals surface area contributed by atoms with Crippen LogP contribution >= 0.6 is 0 Å². The zero-order chi connectivity index (χ0) is 24.9. The number of para-hydroxylation sites is 1. The molecule has 4 rings (SSSR count). The Kier molecular flexibility index (Phi) is 6.82. The predicted octanol–water partition coefficient (Wildman–Crippen LogP) is 4.35. The van der Waals surface area contributed by atoms with E-state index in [0.29, 0.717) is 22.3 Å². The van der Waals surface area contributed by atoms with Crippen molar-refractivity contribution in [1.82, 2.24) is 15.3 Å². The number of aromatic nitrogens is 2. The zero-order valence-electron chi connectivity index (χ0n) is 19.6. The number of benzene rings is 3. The van der Waals surface area contributed by atoms with Crippen molar-refractivity contribution >= 4 is 34.5 Å². The second kappa shape index (κ2) is 10.1. The average Bonchev–Trinajstić information content (AvgIpc) is 2.83. The van der Waals surface area contributed by atoms with E-state index < -0.39 is 5.97 Å². The quantitative estimate of drug-likeness (QED) is 0.321. The molecule has 0 spiro atoms. The number of fused-ring (bicyclic) bond motifs is 1. The number of aryl methyl sites for hydroxylation is 2. The van der Waals surface area contributed by atoms with E-state index in [1.165, 1.54) is 13.0 Å². The van der Waals surface area contributed by atoms with Crippen molar-refractivity contribution in [2.24, 2.45) is 0 Å². The van der Waals surface area contributed by atoms with Crippen LogP contribution in [0.2, 0.25) is 0 Å². The first-order chi connectivity index (χ1) is 16.8. The molecule has 0 radical (unpaired) electrons. The van der Waals surface area contributed by atoms with Crippen LogP contribution < -0.4 is 15.4 Å². The summed E-state index contributed by atoms with van der Waals surface area (Å²) in [6.45, 7) is 5.28. The molecule has 1 aromatic heterocycles. The number of hydrogen-bond acceptors (Lipinski definition) is 6. The third kappa shape index (κ3) is 5.67. The highest BCUT2D eigenvalue weighted by molar-refractivity contribution is 6.05. The number of carbonyl (C=O) groups is 3. The summed E-state index contributed by atoms with van der Waals surface area (Å²) in [6.07, 6.45) is 0. The molecule has 3 aromatic carbocycles. The summed E-state index contributed by atoms with van der Waals surface area (Å²) >= 11 is 0. The maximum absolute atomic E-state index is 12.8. The molecule has 0 saturated carbocycles. The number of carbonyl (C=O) groups excluding carboxylic acids is 3. The van der Waals surface area contributed by atoms with Crippen molar-refractivity contribution in [3.8, 4) is 5.75 Å². The van der Waals surface area contributed by atoms with Crippen molar-refractivity contribution in [2.45, 2.75) is 27.3 Å². The van der Waals surface area contributed by atoms with Gasteiger partial charge in [0.1, 0.15) is 5.75 Å². The normalized spacial score (nSPS) is 10.6. The van der Waals surface area contributed by atoms with Crippen LogP contribution in [-0.2, 0) is 11.3 Å². The van der Waals surface area contributed by atoms with E-state index in [2.05, 4.69) is 20.6 Å². The largest absolute Gasteiger partial charge is 0.427 e. The van der Waals surface area contributed by atoms with Gasteiger partial charge in [0.05, 0.1) is 22.4 Å². The first-order valence-corrected chi connectivity index (χ1v) is 11.0. The lowest BCUT2D eigenvalue weighted by Gasteiger charge is -2.13. The van der Waals surface area contributed by atoms with Crippen LogP contribution in [0.15, 0.2) is 66.7 Å². The number of amides is 2. The number of nitrogens with one attached hydrogen (secondary N) is 2. The maximum Gasteiger partial charge on any atom is 0.308 e. The van der Waals surface area contributed by atoms with E-state index in [0.717, 1.165) is 22.5 Å². The first-order valence-electron chi connectivity index (χ1n) is 11.0. The number of hydrogen-bond donors (Lipinski definition) is 2. The van der Waals surface area contributed by atoms with Gasteiger partial charge in [0, 0.05) is 30.3 Å². The van der Waals surface area contributed by atoms with Crippen LogP contribution in [0.25, 0.3) is 11.0 Å². The molecule has 0 bridgehead atoms. The highest BCUT2D eigenvalue weighted by atomic mass is 16.5. The fourth-order valence-electron chi connectivity index (χ4n) is 3.51. The highest BCUT2D eigenvalue weighted by Crippen LogP contribution is 2.19. The predicted molar refractivity (Wildman–Crippen MR) is 132 cm³/mol. The lowest BCUT2D eigenvalue weighted by atomic mass is 10.1. The fourth-order valence-corrected chi connectivity index (χ4v) is 3.51. The van der Waals surface area contributed by atoms with E-state index in [1.54, 1.807) is 48.5 Å². The van der Waals surface area contributed by atoms with Gasteiger partial charge < -0.3 is 15.4 Å². The maximum atomic E-state index is 12.8. The van der Waals surface area contributed by atoms with Crippen LogP contribution in [0.1, 0.15) is 44.6 Å². The summed E-state index contributed by atoms with van der Waals surface area (Å²) in [5.41, 5.74) is 5.16. The molecule has 0 atom stereocenters. The van der Waals surface area contributed by atoms with Crippen molar-refractivity contribution in [2.75, 3.05) is 5.32 Å². The Balaban J connectivity index is 1.46. The van der Waals surface area contributed by atoms with Gasteiger partial charge in [-0.25, -0.2) is 9.97 Å². The van der Waals surface area contributed by atoms with Gasteiger partial charge in [0.25, 0.3) is 11.8 Å². The second-order valence-electron chi connectivity index (χ2n) is 8.01. The van der Waals surface area contributed by atoms with Gasteiger partial charge in [0.15, 0.2) is 0 Å². The number of nitrogens with zero attached hydrogens (tertiary/aromatic N) is 2. The summed E-state index contributed by atoms with van der Waals surface area (Å²) in [4.78, 5) is 45.8. The Bertz CT molecular complexity index is 1450. The molecule has 0 aliphatic carbocycles. The smallest absolute Gasteiger partial charge is 0.308 e. The van der Waals surface area contributed by atoms with Gasteiger partial charge in [-0.3, -0.25) is 14.4 Å². The summed E-state index contributed by atoms with van der Waals surface area (Å²) in [5, 5.41) is 5.75. The van der Waals surface area contributed by atoms with E-state index in [1.807, 2.05) is 26.0 Å². The lowest BCUT2D eigenvalue weighted by Crippen LogP contribution is -2.24. The molecule has 0 fully saturated rings. The van der Waals surface area contributed by atoms with Gasteiger partial charge >= 0.3 is 5.97 Å². The summed E-state index contributed by atoms with van der Waals surface area (Å²) < 4.78 is 5.05. The van der Waals surface area contributed by atoms with Crippen molar-refractivity contribution in [3.63, 3.8) is 0 Å². The molecule has 35 heavy (non-hydrogen) atoms. The molecular formula is C27H24N4O4. The molecule has 0 aliphatic heterocycles. The van der Waals surface area contributed by atoms with Gasteiger partial charge in [-0.1, -0.05) is 24.3 Å². The molecule has 8 heteroatoms. The molecular weight excluding hydrogens is 444 g/mol. The minimum Gasteiger partial charge on any atom is -0.427 e. The molecule has 0 saturated heterocycles. The van der Waals surface area contributed by atoms with Crippen LogP contribution in [0.4, 0.5) is 5.69 Å². The molecule has 2 amide bonds. The highest BCUT2D eigenvalue weighted by Gasteiger charge is 2.13. The lowest BCUT2D eigenvalue weighted by molar-refractivity contribution is -0.131. The van der Waals surface area contributed by atoms with E-state index in [4.69, 9.17) is 4.74 Å². The molecule has 1 heterocycles. The number of anilines is 1. The Morgan fingerprint density at radius 2 is 1.51 bits per heavy atom. The Morgan fingerprint density at radius 3 is 2.29 bits per heavy atom. The number of ether oxygens (including phenoxy) is 1. The van der Waals surface area contributed by atoms with E-state index in [-0.39, 0.29) is 24.1 Å². The molecule has 0 unspecified atom stereocenters. The van der Waals surface area contributed by atoms with Crippen molar-refractivity contribution in [3.05, 3.63) is 94.8 Å². The van der Waals surface area contributed by atoms with E-state index in [9.17, 15) is 14.4 Å². The average molecular weight is 469 g/mol. The monoisotopic (exact) mass is 468 g/mol. The molecule has 2 N–H and O–H groups in total. The van der Waals surface area contributed by atoms with Gasteiger partial charge in [0.2, 0.25) is 0 Å². The summed E-state index contributed by atoms with van der Waals surface area (Å²) in [5.74, 6) is -0.804. The third-order valence-electron chi connectivity index (χ3n) is 5.40. The number of rotatable bonds is 6. The van der Waals surface area contributed by atoms with Gasteiger partial charge in [-0.2, -0.15) is 0 Å². The molecule has 4 aromatic rings. The first kappa shape index (κ1) is 23.6. The second-order valence-corrected chi connectivity index (χ2v) is 8.01. The van der Waals surface area contributed by atoms with Gasteiger partial charge in [-0.15, -0.1) is 0 Å². The number of esters is 1. The summed E-state index contributed by atoms with van der Waals surface area (Å²) in [7, 11) is 0. The minimum absolute atomic E-state index is 0.208. The van der Waals surface area contributed by atoms with Crippen LogP contribution in [-0.4, -0.2) is 27.8 Å². The molecule has 0 aliphatic rings. The Hall–Kier alpha value is -4.59. The van der Waals surface area contributed by atoms with Crippen LogP contribution in [0, 0.1) is 13.8 Å². The SMILES string of the molecule is CC(=O)Oc1cccc(C(=O)Nc2ccccc2CNC(=O)c2ccc3nc(C)c(C)nc3c2)c1. The topological polar surface area (TPSA) is 110 Å². The molecule has 8 nitrogen and oxygen atoms in total.